The molecule has 2 saturated carbocycles. The van der Waals surface area contributed by atoms with Gasteiger partial charge in [-0.25, -0.2) is 0 Å². The first kappa shape index (κ1) is 38.0. The maximum atomic E-state index is 11.1. The molecule has 53 heavy (non-hydrogen) atoms. The quantitative estimate of drug-likeness (QED) is 0.0611. The van der Waals surface area contributed by atoms with Gasteiger partial charge in [0.2, 0.25) is 0 Å². The molecule has 0 aliphatic heterocycles. The Morgan fingerprint density at radius 1 is 0.528 bits per heavy atom. The highest BCUT2D eigenvalue weighted by atomic mass is 16.6. The molecule has 0 unspecified atom stereocenters. The van der Waals surface area contributed by atoms with Gasteiger partial charge in [-0.1, -0.05) is 95.4 Å². The Labute approximate surface area is 314 Å². The summed E-state index contributed by atoms with van der Waals surface area (Å²) in [5, 5.41) is 22.1. The van der Waals surface area contributed by atoms with Crippen molar-refractivity contribution < 1.29 is 19.3 Å². The maximum Gasteiger partial charge on any atom is 0.269 e. The zero-order valence-corrected chi connectivity index (χ0v) is 31.1. The van der Waals surface area contributed by atoms with Gasteiger partial charge in [0, 0.05) is 29.7 Å². The van der Waals surface area contributed by atoms with E-state index < -0.39 is 9.85 Å². The molecule has 280 valence electrons. The number of nitro groups is 2. The first-order chi connectivity index (χ1) is 25.8. The number of non-ortho nitro benzene ring substituents is 2. The Balaban J connectivity index is 1.11. The molecule has 2 fully saturated rings. The smallest absolute Gasteiger partial charge is 0.269 e. The first-order valence-electron chi connectivity index (χ1n) is 19.9. The van der Waals surface area contributed by atoms with Crippen LogP contribution in [-0.4, -0.2) is 9.85 Å². The summed E-state index contributed by atoms with van der Waals surface area (Å²) in [4.78, 5) is 21.3. The fraction of sp³-hybridized carbons (Fsp3) is 0.467. The molecule has 2 aliphatic carbocycles. The Morgan fingerprint density at radius 2 is 0.906 bits per heavy atom. The summed E-state index contributed by atoms with van der Waals surface area (Å²) >= 11 is 0. The van der Waals surface area contributed by atoms with E-state index in [1.807, 2.05) is 24.3 Å². The second-order valence-electron chi connectivity index (χ2n) is 15.4. The third-order valence-corrected chi connectivity index (χ3v) is 12.0. The van der Waals surface area contributed by atoms with Crippen LogP contribution in [0, 0.1) is 38.0 Å². The molecule has 0 bridgehead atoms. The molecular formula is C45H54N2O6. The van der Waals surface area contributed by atoms with E-state index in [1.54, 1.807) is 24.3 Å². The molecule has 0 saturated heterocycles. The standard InChI is InChI=1S/C45H54N2O6/c1-2-3-4-5-6-7-8-9-34-10-12-35(13-11-34)36-30-32-45(33-31-36,37-14-22-41(23-15-37)52-43-26-18-39(19-27-43)46(48)49)38-16-24-42(25-17-38)53-44-28-20-40(21-29-44)47(50)51/h14-29,34-36H,2-13,30-33H2,1H3/t34-,35+. The Kier molecular flexibility index (Phi) is 13.2. The number of benzene rings is 4. The highest BCUT2D eigenvalue weighted by Crippen LogP contribution is 2.51. The molecule has 0 amide bonds. The van der Waals surface area contributed by atoms with Gasteiger partial charge in [0.1, 0.15) is 23.0 Å². The number of ether oxygens (including phenoxy) is 2. The molecule has 0 N–H and O–H groups in total. The Bertz CT molecular complexity index is 1630. The second-order valence-corrected chi connectivity index (χ2v) is 15.4. The van der Waals surface area contributed by atoms with Crippen LogP contribution in [0.2, 0.25) is 0 Å². The molecule has 4 aromatic rings. The molecule has 0 spiro atoms. The van der Waals surface area contributed by atoms with E-state index in [1.165, 1.54) is 125 Å². The van der Waals surface area contributed by atoms with Gasteiger partial charge in [-0.05, 0) is 116 Å². The molecule has 8 nitrogen and oxygen atoms in total. The summed E-state index contributed by atoms with van der Waals surface area (Å²) in [6.45, 7) is 2.28. The van der Waals surface area contributed by atoms with E-state index in [2.05, 4.69) is 31.2 Å². The summed E-state index contributed by atoms with van der Waals surface area (Å²) in [7, 11) is 0. The van der Waals surface area contributed by atoms with Gasteiger partial charge < -0.3 is 9.47 Å². The number of hydrogen-bond donors (Lipinski definition) is 0. The van der Waals surface area contributed by atoms with Crippen molar-refractivity contribution in [1.82, 2.24) is 0 Å². The van der Waals surface area contributed by atoms with Gasteiger partial charge in [-0.15, -0.1) is 0 Å². The molecule has 0 heterocycles. The van der Waals surface area contributed by atoms with E-state index >= 15 is 0 Å². The molecule has 2 aliphatic rings. The number of unbranched alkanes of at least 4 members (excludes halogenated alkanes) is 6. The topological polar surface area (TPSA) is 105 Å². The maximum absolute atomic E-state index is 11.1. The number of nitrogens with zero attached hydrogens (tertiary/aromatic N) is 2. The van der Waals surface area contributed by atoms with E-state index in [4.69, 9.17) is 9.47 Å². The van der Waals surface area contributed by atoms with Crippen LogP contribution < -0.4 is 9.47 Å². The number of hydrogen-bond acceptors (Lipinski definition) is 6. The van der Waals surface area contributed by atoms with E-state index in [-0.39, 0.29) is 16.8 Å². The van der Waals surface area contributed by atoms with Crippen molar-refractivity contribution >= 4 is 11.4 Å². The van der Waals surface area contributed by atoms with Crippen LogP contribution in [0.4, 0.5) is 11.4 Å². The fourth-order valence-electron chi connectivity index (χ4n) is 8.91. The fourth-order valence-corrected chi connectivity index (χ4v) is 8.91. The summed E-state index contributed by atoms with van der Waals surface area (Å²) < 4.78 is 12.1. The monoisotopic (exact) mass is 718 g/mol. The zero-order valence-electron chi connectivity index (χ0n) is 31.1. The highest BCUT2D eigenvalue weighted by Gasteiger charge is 2.41. The highest BCUT2D eigenvalue weighted by molar-refractivity contribution is 5.46. The van der Waals surface area contributed by atoms with Gasteiger partial charge >= 0.3 is 0 Å². The van der Waals surface area contributed by atoms with Crippen molar-refractivity contribution in [1.29, 1.82) is 0 Å². The molecule has 0 radical (unpaired) electrons. The van der Waals surface area contributed by atoms with Crippen LogP contribution in [0.1, 0.15) is 121 Å². The molecule has 4 aromatic carbocycles. The molecule has 6 rings (SSSR count). The summed E-state index contributed by atoms with van der Waals surface area (Å²) in [5.74, 6) is 4.99. The van der Waals surface area contributed by atoms with Gasteiger partial charge in [0.05, 0.1) is 9.85 Å². The lowest BCUT2D eigenvalue weighted by Gasteiger charge is -2.44. The van der Waals surface area contributed by atoms with Crippen LogP contribution in [0.25, 0.3) is 0 Å². The van der Waals surface area contributed by atoms with E-state index in [0.717, 1.165) is 30.6 Å². The van der Waals surface area contributed by atoms with Crippen molar-refractivity contribution in [3.8, 4) is 23.0 Å². The predicted molar refractivity (Wildman–Crippen MR) is 210 cm³/mol. The average Bonchev–Trinajstić information content (AvgIpc) is 3.19. The largest absolute Gasteiger partial charge is 0.457 e. The SMILES string of the molecule is CCCCCCCCC[C@H]1CC[C@@H](C2CCC(c3ccc(Oc4ccc([N+](=O)[O-])cc4)cc3)(c3ccc(Oc4ccc([N+](=O)[O-])cc4)cc3)CC2)CC1. The lowest BCUT2D eigenvalue weighted by atomic mass is 9.60. The lowest BCUT2D eigenvalue weighted by molar-refractivity contribution is -0.385. The second kappa shape index (κ2) is 18.4. The average molecular weight is 719 g/mol. The minimum absolute atomic E-state index is 0.0333. The minimum Gasteiger partial charge on any atom is -0.457 e. The Hall–Kier alpha value is -4.72. The van der Waals surface area contributed by atoms with Crippen molar-refractivity contribution in [2.45, 2.75) is 115 Å². The van der Waals surface area contributed by atoms with E-state index in [0.29, 0.717) is 23.0 Å². The normalized spacial score (nSPS) is 18.7. The van der Waals surface area contributed by atoms with Gasteiger partial charge in [0.15, 0.2) is 0 Å². The van der Waals surface area contributed by atoms with Crippen molar-refractivity contribution in [3.63, 3.8) is 0 Å². The van der Waals surface area contributed by atoms with Crippen molar-refractivity contribution in [2.24, 2.45) is 17.8 Å². The minimum atomic E-state index is -0.413. The van der Waals surface area contributed by atoms with E-state index in [9.17, 15) is 20.2 Å². The molecule has 0 atom stereocenters. The predicted octanol–water partition coefficient (Wildman–Crippen LogP) is 13.5. The molecular weight excluding hydrogens is 665 g/mol. The molecule has 8 heteroatoms. The van der Waals surface area contributed by atoms with Gasteiger partial charge in [-0.2, -0.15) is 0 Å². The zero-order chi connectivity index (χ0) is 37.0. The molecule has 0 aromatic heterocycles. The third kappa shape index (κ3) is 10.0. The van der Waals surface area contributed by atoms with Crippen molar-refractivity contribution in [2.75, 3.05) is 0 Å². The van der Waals surface area contributed by atoms with Crippen LogP contribution in [-0.2, 0) is 5.41 Å². The van der Waals surface area contributed by atoms with Gasteiger partial charge in [0.25, 0.3) is 11.4 Å². The van der Waals surface area contributed by atoms with Crippen LogP contribution >= 0.6 is 0 Å². The Morgan fingerprint density at radius 3 is 1.32 bits per heavy atom. The summed E-state index contributed by atoms with van der Waals surface area (Å²) in [6.07, 6.45) is 21.2. The van der Waals surface area contributed by atoms with Crippen LogP contribution in [0.3, 0.4) is 0 Å². The van der Waals surface area contributed by atoms with Crippen LogP contribution in [0.15, 0.2) is 97.1 Å². The lowest BCUT2D eigenvalue weighted by Crippen LogP contribution is -2.35. The number of rotatable bonds is 17. The third-order valence-electron chi connectivity index (χ3n) is 12.0. The van der Waals surface area contributed by atoms with Crippen molar-refractivity contribution in [3.05, 3.63) is 128 Å². The first-order valence-corrected chi connectivity index (χ1v) is 19.9. The van der Waals surface area contributed by atoms with Crippen LogP contribution in [0.5, 0.6) is 23.0 Å². The summed E-state index contributed by atoms with van der Waals surface area (Å²) in [5.41, 5.74) is 2.43. The van der Waals surface area contributed by atoms with Gasteiger partial charge in [-0.3, -0.25) is 20.2 Å². The summed E-state index contributed by atoms with van der Waals surface area (Å²) in [6, 6.07) is 29.0. The number of nitro benzene ring substituents is 2.